The average Bonchev–Trinajstić information content (AvgIpc) is 2.16. The molecule has 1 atom stereocenters. The van der Waals surface area contributed by atoms with Gasteiger partial charge in [-0.05, 0) is 18.1 Å². The number of hydrogen-bond acceptors (Lipinski definition) is 2. The maximum atomic E-state index is 9.46. The van der Waals surface area contributed by atoms with E-state index in [4.69, 9.17) is 5.73 Å². The van der Waals surface area contributed by atoms with Gasteiger partial charge >= 0.3 is 0 Å². The number of hydrogen-bond donors (Lipinski definition) is 2. The van der Waals surface area contributed by atoms with Gasteiger partial charge in [0.1, 0.15) is 6.10 Å². The van der Waals surface area contributed by atoms with E-state index < -0.39 is 6.10 Å². The van der Waals surface area contributed by atoms with E-state index in [1.54, 1.807) is 6.07 Å². The van der Waals surface area contributed by atoms with E-state index in [2.05, 4.69) is 11.8 Å². The molecule has 3 N–H and O–H groups in total. The van der Waals surface area contributed by atoms with E-state index in [1.807, 2.05) is 32.0 Å². The number of aliphatic hydroxyl groups is 1. The van der Waals surface area contributed by atoms with E-state index in [0.717, 1.165) is 5.56 Å². The first-order valence-corrected chi connectivity index (χ1v) is 4.65. The summed E-state index contributed by atoms with van der Waals surface area (Å²) in [4.78, 5) is 0. The second-order valence-electron chi connectivity index (χ2n) is 3.55. The van der Waals surface area contributed by atoms with Gasteiger partial charge in [-0.1, -0.05) is 37.8 Å². The normalized spacial score (nSPS) is 12.0. The summed E-state index contributed by atoms with van der Waals surface area (Å²) < 4.78 is 0. The molecule has 0 saturated carbocycles. The predicted octanol–water partition coefficient (Wildman–Crippen LogP) is 1.64. The molecule has 0 fully saturated rings. The highest BCUT2D eigenvalue weighted by molar-refractivity contribution is 5.55. The molecule has 0 amide bonds. The van der Waals surface area contributed by atoms with Crippen LogP contribution in [-0.2, 0) is 0 Å². The van der Waals surface area contributed by atoms with E-state index in [9.17, 15) is 5.11 Å². The van der Waals surface area contributed by atoms with E-state index in [-0.39, 0.29) is 5.92 Å². The maximum absolute atomic E-state index is 9.46. The van der Waals surface area contributed by atoms with Gasteiger partial charge in [-0.15, -0.1) is 0 Å². The van der Waals surface area contributed by atoms with Crippen LogP contribution in [0.1, 0.15) is 19.4 Å². The molecule has 0 radical (unpaired) electrons. The lowest BCUT2D eigenvalue weighted by Crippen LogP contribution is -2.11. The fourth-order valence-corrected chi connectivity index (χ4v) is 0.929. The molecule has 2 heteroatoms. The molecule has 0 bridgehead atoms. The Morgan fingerprint density at radius 1 is 1.29 bits per heavy atom. The number of anilines is 1. The van der Waals surface area contributed by atoms with Crippen molar-refractivity contribution in [2.75, 3.05) is 5.73 Å². The molecule has 1 unspecified atom stereocenters. The smallest absolute Gasteiger partial charge is 0.117 e. The zero-order chi connectivity index (χ0) is 10.6. The standard InChI is InChI=1S/C12H15NO/c1-9(2)12(14)8-7-10-5-3-4-6-11(10)13/h3-6,9,12,14H,13H2,1-2H3. The lowest BCUT2D eigenvalue weighted by molar-refractivity contribution is 0.181. The monoisotopic (exact) mass is 189 g/mol. The third-order valence-corrected chi connectivity index (χ3v) is 1.95. The van der Waals surface area contributed by atoms with Crippen LogP contribution >= 0.6 is 0 Å². The number of benzene rings is 1. The minimum Gasteiger partial charge on any atom is -0.398 e. The minimum absolute atomic E-state index is 0.146. The molecular weight excluding hydrogens is 174 g/mol. The zero-order valence-electron chi connectivity index (χ0n) is 8.49. The molecule has 0 heterocycles. The Balaban J connectivity index is 2.83. The highest BCUT2D eigenvalue weighted by Crippen LogP contribution is 2.08. The van der Waals surface area contributed by atoms with Crippen molar-refractivity contribution >= 4 is 5.69 Å². The van der Waals surface area contributed by atoms with Gasteiger partial charge in [-0.2, -0.15) is 0 Å². The van der Waals surface area contributed by atoms with Gasteiger partial charge in [-0.3, -0.25) is 0 Å². The summed E-state index contributed by atoms with van der Waals surface area (Å²) in [5, 5.41) is 9.46. The van der Waals surface area contributed by atoms with E-state index >= 15 is 0 Å². The third-order valence-electron chi connectivity index (χ3n) is 1.95. The second kappa shape index (κ2) is 4.69. The van der Waals surface area contributed by atoms with Gasteiger partial charge in [-0.25, -0.2) is 0 Å². The highest BCUT2D eigenvalue weighted by Gasteiger charge is 2.03. The summed E-state index contributed by atoms with van der Waals surface area (Å²) in [6.45, 7) is 3.85. The molecule has 1 aromatic rings. The first kappa shape index (κ1) is 10.6. The topological polar surface area (TPSA) is 46.2 Å². The van der Waals surface area contributed by atoms with Gasteiger partial charge in [0.2, 0.25) is 0 Å². The molecule has 0 aliphatic rings. The lowest BCUT2D eigenvalue weighted by Gasteiger charge is -2.05. The second-order valence-corrected chi connectivity index (χ2v) is 3.55. The van der Waals surface area contributed by atoms with Crippen molar-refractivity contribution in [3.05, 3.63) is 29.8 Å². The average molecular weight is 189 g/mol. The summed E-state index contributed by atoms with van der Waals surface area (Å²) in [5.41, 5.74) is 7.12. The molecule has 1 aromatic carbocycles. The fraction of sp³-hybridized carbons (Fsp3) is 0.333. The van der Waals surface area contributed by atoms with Gasteiger partial charge < -0.3 is 10.8 Å². The quantitative estimate of drug-likeness (QED) is 0.521. The van der Waals surface area contributed by atoms with Crippen molar-refractivity contribution in [2.24, 2.45) is 5.92 Å². The first-order valence-electron chi connectivity index (χ1n) is 4.65. The van der Waals surface area contributed by atoms with Crippen LogP contribution in [0.4, 0.5) is 5.69 Å². The minimum atomic E-state index is -0.588. The van der Waals surface area contributed by atoms with Crippen LogP contribution in [0.2, 0.25) is 0 Å². The van der Waals surface area contributed by atoms with E-state index in [1.165, 1.54) is 0 Å². The number of aliphatic hydroxyl groups excluding tert-OH is 1. The molecule has 0 aromatic heterocycles. The largest absolute Gasteiger partial charge is 0.398 e. The first-order chi connectivity index (χ1) is 6.61. The van der Waals surface area contributed by atoms with Crippen LogP contribution in [-0.4, -0.2) is 11.2 Å². The van der Waals surface area contributed by atoms with Gasteiger partial charge in [0.25, 0.3) is 0 Å². The Hall–Kier alpha value is -1.46. The fourth-order valence-electron chi connectivity index (χ4n) is 0.929. The molecule has 74 valence electrons. The third kappa shape index (κ3) is 2.79. The summed E-state index contributed by atoms with van der Waals surface area (Å²) >= 11 is 0. The maximum Gasteiger partial charge on any atom is 0.117 e. The van der Waals surface area contributed by atoms with E-state index in [0.29, 0.717) is 5.69 Å². The Labute approximate surface area is 84.8 Å². The number of nitrogen functional groups attached to an aromatic ring is 1. The molecule has 0 aliphatic heterocycles. The Morgan fingerprint density at radius 3 is 2.50 bits per heavy atom. The summed E-state index contributed by atoms with van der Waals surface area (Å²) in [7, 11) is 0. The predicted molar refractivity (Wildman–Crippen MR) is 58.6 cm³/mol. The molecular formula is C12H15NO. The number of para-hydroxylation sites is 1. The summed E-state index contributed by atoms with van der Waals surface area (Å²) in [6, 6.07) is 7.38. The van der Waals surface area contributed by atoms with Crippen molar-refractivity contribution in [3.8, 4) is 11.8 Å². The Bertz CT molecular complexity index is 360. The Morgan fingerprint density at radius 2 is 1.93 bits per heavy atom. The van der Waals surface area contributed by atoms with Gasteiger partial charge in [0, 0.05) is 11.3 Å². The number of rotatable bonds is 1. The molecule has 2 nitrogen and oxygen atoms in total. The van der Waals surface area contributed by atoms with Crippen molar-refractivity contribution < 1.29 is 5.11 Å². The van der Waals surface area contributed by atoms with Crippen molar-refractivity contribution in [2.45, 2.75) is 20.0 Å². The van der Waals surface area contributed by atoms with Crippen LogP contribution in [0, 0.1) is 17.8 Å². The lowest BCUT2D eigenvalue weighted by atomic mass is 10.1. The van der Waals surface area contributed by atoms with Crippen molar-refractivity contribution in [1.82, 2.24) is 0 Å². The van der Waals surface area contributed by atoms with Gasteiger partial charge in [0.15, 0.2) is 0 Å². The highest BCUT2D eigenvalue weighted by atomic mass is 16.3. The molecule has 1 rings (SSSR count). The summed E-state index contributed by atoms with van der Waals surface area (Å²) in [5.74, 6) is 5.78. The van der Waals surface area contributed by atoms with Crippen molar-refractivity contribution in [1.29, 1.82) is 0 Å². The zero-order valence-corrected chi connectivity index (χ0v) is 8.49. The molecule has 0 spiro atoms. The van der Waals surface area contributed by atoms with Crippen LogP contribution < -0.4 is 5.73 Å². The van der Waals surface area contributed by atoms with Crippen LogP contribution in [0.15, 0.2) is 24.3 Å². The van der Waals surface area contributed by atoms with Crippen LogP contribution in [0.25, 0.3) is 0 Å². The molecule has 0 aliphatic carbocycles. The SMILES string of the molecule is CC(C)C(O)C#Cc1ccccc1N. The van der Waals surface area contributed by atoms with Crippen LogP contribution in [0.5, 0.6) is 0 Å². The van der Waals surface area contributed by atoms with Crippen molar-refractivity contribution in [3.63, 3.8) is 0 Å². The summed E-state index contributed by atoms with van der Waals surface area (Å²) in [6.07, 6.45) is -0.588. The number of nitrogens with two attached hydrogens (primary N) is 1. The molecule has 0 saturated heterocycles. The van der Waals surface area contributed by atoms with Crippen LogP contribution in [0.3, 0.4) is 0 Å². The van der Waals surface area contributed by atoms with Gasteiger partial charge in [0.05, 0.1) is 0 Å². The Kier molecular flexibility index (Phi) is 3.55. The molecule has 14 heavy (non-hydrogen) atoms.